The molecule has 160 valence electrons. The van der Waals surface area contributed by atoms with E-state index in [1.807, 2.05) is 6.79 Å². The predicted octanol–water partition coefficient (Wildman–Crippen LogP) is 2.38. The summed E-state index contributed by atoms with van der Waals surface area (Å²) in [6, 6.07) is 15.2. The van der Waals surface area contributed by atoms with Gasteiger partial charge in [-0.15, -0.1) is 0 Å². The molecule has 0 aliphatic rings. The highest BCUT2D eigenvalue weighted by Gasteiger charge is 2.17. The molecule has 0 aromatic heterocycles. The molecule has 3 aromatic carbocycles. The van der Waals surface area contributed by atoms with Crippen LogP contribution < -0.4 is 0 Å². The number of phenolic OH excluding ortho intramolecular Hbond substituents is 3. The number of benzene rings is 3. The van der Waals surface area contributed by atoms with E-state index in [0.717, 1.165) is 12.1 Å². The second-order valence-corrected chi connectivity index (χ2v) is 8.83. The molecule has 3 aromatic rings. The van der Waals surface area contributed by atoms with Crippen LogP contribution in [0.3, 0.4) is 0 Å². The normalized spacial score (nSPS) is 10.7. The summed E-state index contributed by atoms with van der Waals surface area (Å²) in [5.41, 5.74) is 0. The fraction of sp³-hybridized carbons (Fsp3) is 0. The maximum absolute atomic E-state index is 12.1. The molecule has 4 N–H and O–H groups in total. The predicted molar refractivity (Wildman–Crippen MR) is 107 cm³/mol. The number of sulfone groups is 1. The number of hydrogen-bond donors (Lipinski definition) is 4. The van der Waals surface area contributed by atoms with Crippen molar-refractivity contribution in [3.8, 4) is 17.2 Å². The molecule has 0 atom stereocenters. The molecule has 30 heavy (non-hydrogen) atoms. The Morgan fingerprint density at radius 1 is 0.500 bits per heavy atom. The fourth-order valence-electron chi connectivity index (χ4n) is 2.00. The summed E-state index contributed by atoms with van der Waals surface area (Å²) < 4.78 is 53.5. The summed E-state index contributed by atoms with van der Waals surface area (Å²) in [6.07, 6.45) is 0. The molecule has 0 spiro atoms. The van der Waals surface area contributed by atoms with E-state index < -0.39 is 20.0 Å². The maximum Gasteiger partial charge on any atom is 0.294 e. The molecule has 3 rings (SSSR count). The fourth-order valence-corrected chi connectivity index (χ4v) is 3.75. The lowest BCUT2D eigenvalue weighted by Crippen LogP contribution is -2.01. The number of rotatable bonds is 3. The third-order valence-electron chi connectivity index (χ3n) is 3.43. The molecule has 0 fully saturated rings. The number of hydrogen-bond acceptors (Lipinski definition) is 8. The van der Waals surface area contributed by atoms with E-state index >= 15 is 0 Å². The molecule has 0 aliphatic carbocycles. The third-order valence-corrected chi connectivity index (χ3v) is 6.08. The standard InChI is InChI=1S/C12H10O4S.C6H6O4S.CH2O/c13-9-1-5-11(6-2-9)17(15,16)12-7-3-10(14)4-8-12;7-5-1-3-6(4-2-5)11(8,9)10;1-2/h1-8,13-14H;1-4,7H,(H,8,9,10);1H2. The van der Waals surface area contributed by atoms with Gasteiger partial charge in [0.15, 0.2) is 0 Å². The lowest BCUT2D eigenvalue weighted by atomic mass is 10.3. The van der Waals surface area contributed by atoms with Gasteiger partial charge in [0.05, 0.1) is 14.7 Å². The van der Waals surface area contributed by atoms with Gasteiger partial charge in [-0.3, -0.25) is 4.55 Å². The van der Waals surface area contributed by atoms with Crippen LogP contribution in [0.25, 0.3) is 0 Å². The number of phenols is 3. The second kappa shape index (κ2) is 10.4. The van der Waals surface area contributed by atoms with Crippen LogP contribution in [-0.2, 0) is 24.7 Å². The third kappa shape index (κ3) is 6.88. The largest absolute Gasteiger partial charge is 0.508 e. The maximum atomic E-state index is 12.1. The Bertz CT molecular complexity index is 1100. The van der Waals surface area contributed by atoms with Crippen LogP contribution in [0.15, 0.2) is 87.5 Å². The minimum Gasteiger partial charge on any atom is -0.508 e. The van der Waals surface area contributed by atoms with Gasteiger partial charge in [-0.05, 0) is 72.8 Å². The monoisotopic (exact) mass is 454 g/mol. The average Bonchev–Trinajstić information content (AvgIpc) is 2.70. The lowest BCUT2D eigenvalue weighted by Gasteiger charge is -2.04. The van der Waals surface area contributed by atoms with Crippen molar-refractivity contribution in [1.82, 2.24) is 0 Å². The topological polar surface area (TPSA) is 166 Å². The Hall–Kier alpha value is -3.41. The van der Waals surface area contributed by atoms with Gasteiger partial charge in [-0.25, -0.2) is 8.42 Å². The molecule has 11 heteroatoms. The zero-order valence-corrected chi connectivity index (χ0v) is 16.9. The van der Waals surface area contributed by atoms with Gasteiger partial charge in [0, 0.05) is 0 Å². The van der Waals surface area contributed by atoms with Crippen LogP contribution in [0.2, 0.25) is 0 Å². The Morgan fingerprint density at radius 2 is 0.733 bits per heavy atom. The van der Waals surface area contributed by atoms with Crippen LogP contribution in [0, 0.1) is 0 Å². The van der Waals surface area contributed by atoms with Gasteiger partial charge in [0.2, 0.25) is 9.84 Å². The van der Waals surface area contributed by atoms with Crippen LogP contribution in [-0.4, -0.2) is 43.5 Å². The molecule has 0 saturated heterocycles. The summed E-state index contributed by atoms with van der Waals surface area (Å²) in [7, 11) is -7.73. The molecule has 0 saturated carbocycles. The smallest absolute Gasteiger partial charge is 0.294 e. The van der Waals surface area contributed by atoms with E-state index in [0.29, 0.717) is 0 Å². The highest BCUT2D eigenvalue weighted by atomic mass is 32.2. The average molecular weight is 454 g/mol. The Kier molecular flexibility index (Phi) is 8.53. The number of carbonyl (C=O) groups excluding carboxylic acids is 1. The number of carbonyl (C=O) groups is 1. The van der Waals surface area contributed by atoms with E-state index in [-0.39, 0.29) is 31.9 Å². The molecular weight excluding hydrogens is 436 g/mol. The van der Waals surface area contributed by atoms with E-state index in [9.17, 15) is 16.8 Å². The van der Waals surface area contributed by atoms with E-state index in [1.54, 1.807) is 0 Å². The second-order valence-electron chi connectivity index (χ2n) is 5.46. The van der Waals surface area contributed by atoms with Crippen molar-refractivity contribution in [2.24, 2.45) is 0 Å². The Labute approximate surface area is 173 Å². The van der Waals surface area contributed by atoms with E-state index in [4.69, 9.17) is 24.7 Å². The van der Waals surface area contributed by atoms with Crippen molar-refractivity contribution in [2.45, 2.75) is 14.7 Å². The quantitative estimate of drug-likeness (QED) is 0.434. The highest BCUT2D eigenvalue weighted by Crippen LogP contribution is 2.23. The van der Waals surface area contributed by atoms with Gasteiger partial charge in [0.1, 0.15) is 24.0 Å². The first-order valence-corrected chi connectivity index (χ1v) is 10.8. The molecule has 9 nitrogen and oxygen atoms in total. The first kappa shape index (κ1) is 24.6. The molecule has 0 unspecified atom stereocenters. The summed E-state index contributed by atoms with van der Waals surface area (Å²) in [5.74, 6) is -0.0262. The molecule has 0 radical (unpaired) electrons. The minimum atomic E-state index is -4.13. The molecule has 0 heterocycles. The van der Waals surface area contributed by atoms with Crippen molar-refractivity contribution in [3.63, 3.8) is 0 Å². The van der Waals surface area contributed by atoms with Crippen LogP contribution in [0.4, 0.5) is 0 Å². The first-order valence-electron chi connectivity index (χ1n) is 7.89. The van der Waals surface area contributed by atoms with E-state index in [2.05, 4.69) is 0 Å². The van der Waals surface area contributed by atoms with Crippen molar-refractivity contribution >= 4 is 26.7 Å². The van der Waals surface area contributed by atoms with Gasteiger partial charge >= 0.3 is 0 Å². The molecule has 0 bridgehead atoms. The van der Waals surface area contributed by atoms with E-state index in [1.165, 1.54) is 60.7 Å². The van der Waals surface area contributed by atoms with Crippen molar-refractivity contribution < 1.29 is 41.5 Å². The summed E-state index contributed by atoms with van der Waals surface area (Å²) in [5, 5.41) is 26.9. The summed E-state index contributed by atoms with van der Waals surface area (Å²) in [4.78, 5) is 7.97. The molecular formula is C19H18O9S2. The van der Waals surface area contributed by atoms with Gasteiger partial charge < -0.3 is 20.1 Å². The Balaban J connectivity index is 0.000000300. The summed E-state index contributed by atoms with van der Waals surface area (Å²) >= 11 is 0. The van der Waals surface area contributed by atoms with Crippen molar-refractivity contribution in [2.75, 3.05) is 0 Å². The van der Waals surface area contributed by atoms with Crippen LogP contribution >= 0.6 is 0 Å². The lowest BCUT2D eigenvalue weighted by molar-refractivity contribution is -0.0980. The van der Waals surface area contributed by atoms with Crippen molar-refractivity contribution in [1.29, 1.82) is 0 Å². The molecule has 0 aliphatic heterocycles. The minimum absolute atomic E-state index is 0.00894. The first-order chi connectivity index (χ1) is 14.0. The zero-order valence-electron chi connectivity index (χ0n) is 15.3. The van der Waals surface area contributed by atoms with Gasteiger partial charge in [-0.1, -0.05) is 0 Å². The zero-order chi connectivity index (χ0) is 22.9. The van der Waals surface area contributed by atoms with Gasteiger partial charge in [0.25, 0.3) is 10.1 Å². The SMILES string of the molecule is C=O.O=S(=O)(O)c1ccc(O)cc1.O=S(=O)(c1ccc(O)cc1)c1ccc(O)cc1. The summed E-state index contributed by atoms with van der Waals surface area (Å²) in [6.45, 7) is 2.00. The number of aromatic hydroxyl groups is 3. The van der Waals surface area contributed by atoms with Gasteiger partial charge in [-0.2, -0.15) is 8.42 Å². The Morgan fingerprint density at radius 3 is 0.967 bits per heavy atom. The molecule has 0 amide bonds. The van der Waals surface area contributed by atoms with Crippen LogP contribution in [0.1, 0.15) is 0 Å². The van der Waals surface area contributed by atoms with Crippen LogP contribution in [0.5, 0.6) is 17.2 Å². The highest BCUT2D eigenvalue weighted by molar-refractivity contribution is 7.91. The van der Waals surface area contributed by atoms with Crippen molar-refractivity contribution in [3.05, 3.63) is 72.8 Å².